The predicted octanol–water partition coefficient (Wildman–Crippen LogP) is 2.10. The van der Waals surface area contributed by atoms with Crippen LogP contribution in [-0.2, 0) is 7.05 Å². The number of aryl methyl sites for hydroxylation is 3. The molecule has 6 nitrogen and oxygen atoms in total. The van der Waals surface area contributed by atoms with Gasteiger partial charge in [0.1, 0.15) is 5.54 Å². The van der Waals surface area contributed by atoms with Crippen molar-refractivity contribution in [1.29, 1.82) is 5.26 Å². The molecule has 2 aromatic heterocycles. The maximum Gasteiger partial charge on any atom is 0.255 e. The van der Waals surface area contributed by atoms with Crippen LogP contribution in [0.5, 0.6) is 0 Å². The van der Waals surface area contributed by atoms with Gasteiger partial charge in [0.25, 0.3) is 5.91 Å². The summed E-state index contributed by atoms with van der Waals surface area (Å²) >= 11 is 0. The van der Waals surface area contributed by atoms with Crippen molar-refractivity contribution < 1.29 is 4.79 Å². The van der Waals surface area contributed by atoms with Gasteiger partial charge < -0.3 is 4.90 Å². The van der Waals surface area contributed by atoms with Gasteiger partial charge in [-0.1, -0.05) is 0 Å². The summed E-state index contributed by atoms with van der Waals surface area (Å²) in [7, 11) is 3.54. The molecule has 0 spiro atoms. The van der Waals surface area contributed by atoms with Crippen LogP contribution in [0.4, 0.5) is 0 Å². The van der Waals surface area contributed by atoms with Crippen molar-refractivity contribution in [3.63, 3.8) is 0 Å². The number of nitrogens with zero attached hydrogens (tertiary/aromatic N) is 5. The van der Waals surface area contributed by atoms with Gasteiger partial charge in [0.2, 0.25) is 0 Å². The third kappa shape index (κ3) is 1.89. The zero-order valence-electron chi connectivity index (χ0n) is 13.3. The van der Waals surface area contributed by atoms with Gasteiger partial charge in [-0.15, -0.1) is 0 Å². The Morgan fingerprint density at radius 1 is 1.45 bits per heavy atom. The van der Waals surface area contributed by atoms with Gasteiger partial charge in [0, 0.05) is 19.8 Å². The third-order valence-corrected chi connectivity index (χ3v) is 4.66. The molecular weight excluding hydrogens is 278 g/mol. The molecule has 1 aliphatic rings. The Hall–Kier alpha value is -2.42. The van der Waals surface area contributed by atoms with E-state index in [1.54, 1.807) is 22.7 Å². The van der Waals surface area contributed by atoms with E-state index in [9.17, 15) is 10.1 Å². The van der Waals surface area contributed by atoms with E-state index in [4.69, 9.17) is 0 Å². The van der Waals surface area contributed by atoms with Gasteiger partial charge in [0.05, 0.1) is 22.7 Å². The maximum absolute atomic E-state index is 13.0. The van der Waals surface area contributed by atoms with Crippen molar-refractivity contribution in [3.05, 3.63) is 23.0 Å². The van der Waals surface area contributed by atoms with Gasteiger partial charge >= 0.3 is 0 Å². The van der Waals surface area contributed by atoms with Crippen LogP contribution in [-0.4, -0.2) is 38.2 Å². The topological polar surface area (TPSA) is 74.8 Å². The second-order valence-corrected chi connectivity index (χ2v) is 6.08. The number of aromatic nitrogens is 3. The number of carbonyl (C=O) groups is 1. The number of fused-ring (bicyclic) bond motifs is 1. The Labute approximate surface area is 129 Å². The normalized spacial score (nSPS) is 16.1. The number of rotatable bonds is 2. The molecular formula is C16H19N5O. The number of carbonyl (C=O) groups excluding carboxylic acids is 1. The van der Waals surface area contributed by atoms with E-state index >= 15 is 0 Å². The van der Waals surface area contributed by atoms with Crippen LogP contribution in [0.1, 0.15) is 41.0 Å². The van der Waals surface area contributed by atoms with Crippen molar-refractivity contribution in [2.75, 3.05) is 7.05 Å². The molecule has 22 heavy (non-hydrogen) atoms. The Morgan fingerprint density at radius 3 is 2.68 bits per heavy atom. The smallest absolute Gasteiger partial charge is 0.255 e. The number of pyridine rings is 1. The number of nitriles is 1. The summed E-state index contributed by atoms with van der Waals surface area (Å²) in [5, 5.41) is 14.6. The summed E-state index contributed by atoms with van der Waals surface area (Å²) in [6, 6.07) is 4.11. The Kier molecular flexibility index (Phi) is 3.17. The van der Waals surface area contributed by atoms with Crippen molar-refractivity contribution in [1.82, 2.24) is 19.7 Å². The highest BCUT2D eigenvalue weighted by Crippen LogP contribution is 2.37. The number of amides is 1. The minimum atomic E-state index is -0.656. The molecule has 0 aliphatic heterocycles. The monoisotopic (exact) mass is 297 g/mol. The van der Waals surface area contributed by atoms with E-state index < -0.39 is 5.54 Å². The molecule has 0 atom stereocenters. The van der Waals surface area contributed by atoms with Crippen molar-refractivity contribution >= 4 is 16.9 Å². The fourth-order valence-electron chi connectivity index (χ4n) is 3.15. The van der Waals surface area contributed by atoms with E-state index in [1.807, 2.05) is 20.9 Å². The lowest BCUT2D eigenvalue weighted by Crippen LogP contribution is -2.53. The average Bonchev–Trinajstić information content (AvgIpc) is 2.71. The quantitative estimate of drug-likeness (QED) is 0.850. The summed E-state index contributed by atoms with van der Waals surface area (Å²) in [6.45, 7) is 3.74. The number of hydrogen-bond acceptors (Lipinski definition) is 4. The van der Waals surface area contributed by atoms with Crippen molar-refractivity contribution in [2.45, 2.75) is 38.6 Å². The molecule has 1 fully saturated rings. The molecule has 1 aliphatic carbocycles. The summed E-state index contributed by atoms with van der Waals surface area (Å²) in [5.74, 6) is -0.132. The largest absolute Gasteiger partial charge is 0.323 e. The highest BCUT2D eigenvalue weighted by Gasteiger charge is 2.44. The Morgan fingerprint density at radius 2 is 2.14 bits per heavy atom. The second kappa shape index (κ2) is 4.80. The van der Waals surface area contributed by atoms with Gasteiger partial charge in [-0.3, -0.25) is 9.48 Å². The van der Waals surface area contributed by atoms with E-state index in [2.05, 4.69) is 16.2 Å². The average molecular weight is 297 g/mol. The summed E-state index contributed by atoms with van der Waals surface area (Å²) in [6.07, 6.45) is 2.47. The van der Waals surface area contributed by atoms with Crippen molar-refractivity contribution in [3.8, 4) is 6.07 Å². The van der Waals surface area contributed by atoms with Gasteiger partial charge in [-0.25, -0.2) is 4.98 Å². The highest BCUT2D eigenvalue weighted by molar-refractivity contribution is 6.06. The lowest BCUT2D eigenvalue weighted by Gasteiger charge is -2.43. The molecule has 0 aromatic carbocycles. The van der Waals surface area contributed by atoms with Crippen LogP contribution in [0, 0.1) is 25.2 Å². The van der Waals surface area contributed by atoms with Crippen LogP contribution in [0.2, 0.25) is 0 Å². The van der Waals surface area contributed by atoms with Crippen LogP contribution in [0.3, 0.4) is 0 Å². The standard InChI is InChI=1S/C16H19N5O/c1-10-8-12(13-11(2)19-21(4)14(13)18-10)15(22)20(3)16(9-17)6-5-7-16/h8H,5-7H2,1-4H3. The Bertz CT molecular complexity index is 810. The Balaban J connectivity index is 2.14. The SMILES string of the molecule is Cc1cc(C(=O)N(C)C2(C#N)CCC2)c2c(C)nn(C)c2n1. The van der Waals surface area contributed by atoms with Crippen LogP contribution < -0.4 is 0 Å². The predicted molar refractivity (Wildman–Crippen MR) is 82.3 cm³/mol. The highest BCUT2D eigenvalue weighted by atomic mass is 16.2. The maximum atomic E-state index is 13.0. The van der Waals surface area contributed by atoms with Crippen LogP contribution >= 0.6 is 0 Å². The van der Waals surface area contributed by atoms with E-state index in [1.165, 1.54) is 0 Å². The van der Waals surface area contributed by atoms with E-state index in [-0.39, 0.29) is 5.91 Å². The van der Waals surface area contributed by atoms with E-state index in [0.29, 0.717) is 11.2 Å². The molecule has 6 heteroatoms. The third-order valence-electron chi connectivity index (χ3n) is 4.66. The van der Waals surface area contributed by atoms with Gasteiger partial charge in [-0.05, 0) is 39.2 Å². The zero-order chi connectivity index (χ0) is 16.1. The van der Waals surface area contributed by atoms with Crippen LogP contribution in [0.25, 0.3) is 11.0 Å². The lowest BCUT2D eigenvalue weighted by molar-refractivity contribution is 0.0499. The number of hydrogen-bond donors (Lipinski definition) is 0. The summed E-state index contributed by atoms with van der Waals surface area (Å²) < 4.78 is 1.69. The molecule has 1 saturated carbocycles. The zero-order valence-corrected chi connectivity index (χ0v) is 13.3. The minimum Gasteiger partial charge on any atom is -0.323 e. The minimum absolute atomic E-state index is 0.132. The fraction of sp³-hybridized carbons (Fsp3) is 0.500. The first kappa shape index (κ1) is 14.5. The lowest BCUT2D eigenvalue weighted by atomic mass is 9.76. The molecule has 0 radical (unpaired) electrons. The summed E-state index contributed by atoms with van der Waals surface area (Å²) in [5.41, 5.74) is 2.18. The first-order valence-corrected chi connectivity index (χ1v) is 7.40. The van der Waals surface area contributed by atoms with Gasteiger partial charge in [0.15, 0.2) is 5.65 Å². The molecule has 114 valence electrons. The molecule has 0 N–H and O–H groups in total. The van der Waals surface area contributed by atoms with Crippen molar-refractivity contribution in [2.24, 2.45) is 7.05 Å². The molecule has 3 rings (SSSR count). The van der Waals surface area contributed by atoms with Crippen LogP contribution in [0.15, 0.2) is 6.07 Å². The van der Waals surface area contributed by atoms with Gasteiger partial charge in [-0.2, -0.15) is 10.4 Å². The molecule has 0 unspecified atom stereocenters. The molecule has 0 bridgehead atoms. The second-order valence-electron chi connectivity index (χ2n) is 6.08. The molecule has 0 saturated heterocycles. The first-order chi connectivity index (χ1) is 10.4. The fourth-order valence-corrected chi connectivity index (χ4v) is 3.15. The molecule has 2 aromatic rings. The molecule has 1 amide bonds. The van der Waals surface area contributed by atoms with E-state index in [0.717, 1.165) is 36.0 Å². The first-order valence-electron chi connectivity index (χ1n) is 7.40. The summed E-state index contributed by atoms with van der Waals surface area (Å²) in [4.78, 5) is 19.1. The molecule has 2 heterocycles.